The maximum absolute atomic E-state index is 12.6. The van der Waals surface area contributed by atoms with E-state index in [1.54, 1.807) is 0 Å². The molecule has 0 spiro atoms. The number of benzene rings is 1. The molecule has 0 saturated carbocycles. The number of non-ortho nitro benzene ring substituents is 1. The Kier molecular flexibility index (Phi) is 6.23. The van der Waals surface area contributed by atoms with E-state index in [0.717, 1.165) is 6.07 Å². The van der Waals surface area contributed by atoms with E-state index in [-0.39, 0.29) is 55.8 Å². The number of carbonyl (C=O) groups is 2. The van der Waals surface area contributed by atoms with E-state index >= 15 is 0 Å². The molecule has 11 nitrogen and oxygen atoms in total. The van der Waals surface area contributed by atoms with Crippen molar-refractivity contribution in [1.29, 1.82) is 0 Å². The molecule has 1 aliphatic heterocycles. The van der Waals surface area contributed by atoms with Crippen LogP contribution in [0.4, 0.5) is 5.69 Å². The Balaban J connectivity index is 2.00. The van der Waals surface area contributed by atoms with Crippen LogP contribution >= 0.6 is 0 Å². The lowest BCUT2D eigenvalue weighted by molar-refractivity contribution is -0.385. The average Bonchev–Trinajstić information content (AvgIpc) is 2.65. The van der Waals surface area contributed by atoms with Crippen molar-refractivity contribution in [3.05, 3.63) is 34.4 Å². The van der Waals surface area contributed by atoms with Crippen molar-refractivity contribution in [2.75, 3.05) is 39.3 Å². The first-order valence-electron chi connectivity index (χ1n) is 7.75. The van der Waals surface area contributed by atoms with Gasteiger partial charge in [-0.2, -0.15) is 4.31 Å². The minimum atomic E-state index is -3.89. The van der Waals surface area contributed by atoms with Gasteiger partial charge in [0.15, 0.2) is 0 Å². The fourth-order valence-electron chi connectivity index (χ4n) is 2.44. The monoisotopic (exact) mass is 385 g/mol. The van der Waals surface area contributed by atoms with Crippen LogP contribution in [0.2, 0.25) is 0 Å². The molecule has 0 bridgehead atoms. The molecule has 3 N–H and O–H groups in total. The normalized spacial score (nSPS) is 15.5. The summed E-state index contributed by atoms with van der Waals surface area (Å²) >= 11 is 0. The number of piperazine rings is 1. The Hall–Kier alpha value is -2.57. The number of nitro groups is 1. The highest BCUT2D eigenvalue weighted by Gasteiger charge is 2.30. The Morgan fingerprint density at radius 3 is 2.46 bits per heavy atom. The van der Waals surface area contributed by atoms with Crippen LogP contribution in [0.1, 0.15) is 0 Å². The fourth-order valence-corrected chi connectivity index (χ4v) is 3.91. The van der Waals surface area contributed by atoms with E-state index in [1.165, 1.54) is 27.4 Å². The van der Waals surface area contributed by atoms with Crippen LogP contribution in [0.25, 0.3) is 0 Å². The first-order valence-corrected chi connectivity index (χ1v) is 9.19. The van der Waals surface area contributed by atoms with Crippen LogP contribution in [-0.2, 0) is 19.6 Å². The third kappa shape index (κ3) is 4.53. The molecule has 1 aromatic rings. The average molecular weight is 385 g/mol. The molecule has 0 unspecified atom stereocenters. The highest BCUT2D eigenvalue weighted by atomic mass is 32.2. The molecule has 1 fully saturated rings. The summed E-state index contributed by atoms with van der Waals surface area (Å²) in [6.07, 6.45) is 0. The van der Waals surface area contributed by atoms with Gasteiger partial charge in [-0.1, -0.05) is 6.07 Å². The zero-order chi connectivity index (χ0) is 19.3. The molecule has 142 valence electrons. The smallest absolute Gasteiger partial charge is 0.270 e. The molecule has 0 atom stereocenters. The maximum Gasteiger partial charge on any atom is 0.270 e. The van der Waals surface area contributed by atoms with Crippen LogP contribution in [-0.4, -0.2) is 73.6 Å². The maximum atomic E-state index is 12.6. The molecular formula is C14H19N5O6S. The summed E-state index contributed by atoms with van der Waals surface area (Å²) in [4.78, 5) is 34.5. The van der Waals surface area contributed by atoms with Gasteiger partial charge in [-0.15, -0.1) is 0 Å². The lowest BCUT2D eigenvalue weighted by Gasteiger charge is -2.34. The third-order valence-electron chi connectivity index (χ3n) is 3.88. The summed E-state index contributed by atoms with van der Waals surface area (Å²) in [5, 5.41) is 13.2. The molecule has 26 heavy (non-hydrogen) atoms. The number of nitrogens with one attached hydrogen (secondary N) is 1. The van der Waals surface area contributed by atoms with Gasteiger partial charge in [0, 0.05) is 38.3 Å². The number of nitrogens with zero attached hydrogens (tertiary/aromatic N) is 3. The van der Waals surface area contributed by atoms with E-state index in [0.29, 0.717) is 0 Å². The quantitative estimate of drug-likeness (QED) is 0.446. The van der Waals surface area contributed by atoms with Gasteiger partial charge in [-0.3, -0.25) is 19.7 Å². The summed E-state index contributed by atoms with van der Waals surface area (Å²) in [6, 6.07) is 4.83. The first kappa shape index (κ1) is 19.8. The Morgan fingerprint density at radius 1 is 1.23 bits per heavy atom. The lowest BCUT2D eigenvalue weighted by atomic mass is 10.3. The van der Waals surface area contributed by atoms with Crippen LogP contribution in [0.5, 0.6) is 0 Å². The van der Waals surface area contributed by atoms with Gasteiger partial charge < -0.3 is 16.0 Å². The zero-order valence-corrected chi connectivity index (χ0v) is 14.6. The van der Waals surface area contributed by atoms with Gasteiger partial charge in [0.05, 0.1) is 22.9 Å². The van der Waals surface area contributed by atoms with Crippen molar-refractivity contribution in [2.24, 2.45) is 5.73 Å². The molecule has 2 amide bonds. The molecular weight excluding hydrogens is 366 g/mol. The highest BCUT2D eigenvalue weighted by Crippen LogP contribution is 2.22. The number of amides is 2. The SMILES string of the molecule is NCC(=O)NCC(=O)N1CCN(S(=O)(=O)c2cccc([N+](=O)[O-])c2)CC1. The van der Waals surface area contributed by atoms with Crippen LogP contribution in [0.3, 0.4) is 0 Å². The van der Waals surface area contributed by atoms with Crippen molar-refractivity contribution >= 4 is 27.5 Å². The summed E-state index contributed by atoms with van der Waals surface area (Å²) in [5.41, 5.74) is 4.83. The second-order valence-electron chi connectivity index (χ2n) is 5.52. The summed E-state index contributed by atoms with van der Waals surface area (Å²) < 4.78 is 26.4. The number of nitro benzene ring substituents is 1. The Bertz CT molecular complexity index is 804. The Labute approximate surface area is 149 Å². The number of hydrogen-bond donors (Lipinski definition) is 2. The summed E-state index contributed by atoms with van der Waals surface area (Å²) in [7, 11) is -3.89. The number of hydrogen-bond acceptors (Lipinski definition) is 7. The molecule has 1 aromatic carbocycles. The summed E-state index contributed by atoms with van der Waals surface area (Å²) in [5.74, 6) is -0.788. The minimum absolute atomic E-state index is 0.0571. The van der Waals surface area contributed by atoms with Gasteiger partial charge in [-0.25, -0.2) is 8.42 Å². The van der Waals surface area contributed by atoms with Gasteiger partial charge in [0.1, 0.15) is 0 Å². The van der Waals surface area contributed by atoms with Crippen LogP contribution in [0.15, 0.2) is 29.2 Å². The second-order valence-corrected chi connectivity index (χ2v) is 7.46. The van der Waals surface area contributed by atoms with Gasteiger partial charge >= 0.3 is 0 Å². The number of sulfonamides is 1. The van der Waals surface area contributed by atoms with Gasteiger partial charge in [0.25, 0.3) is 5.69 Å². The fraction of sp³-hybridized carbons (Fsp3) is 0.429. The Morgan fingerprint density at radius 2 is 1.88 bits per heavy atom. The standard InChI is InChI=1S/C14H19N5O6S/c15-9-13(20)16-10-14(21)17-4-6-18(7-5-17)26(24,25)12-3-1-2-11(8-12)19(22)23/h1-3,8H,4-7,9-10,15H2,(H,16,20). The molecule has 2 rings (SSSR count). The van der Waals surface area contributed by atoms with Gasteiger partial charge in [0.2, 0.25) is 21.8 Å². The van der Waals surface area contributed by atoms with Crippen molar-refractivity contribution < 1.29 is 22.9 Å². The molecule has 0 aromatic heterocycles. The highest BCUT2D eigenvalue weighted by molar-refractivity contribution is 7.89. The van der Waals surface area contributed by atoms with Gasteiger partial charge in [-0.05, 0) is 6.07 Å². The molecule has 12 heteroatoms. The van der Waals surface area contributed by atoms with E-state index < -0.39 is 20.9 Å². The van der Waals surface area contributed by atoms with E-state index in [1.807, 2.05) is 0 Å². The lowest BCUT2D eigenvalue weighted by Crippen LogP contribution is -2.52. The molecule has 1 saturated heterocycles. The van der Waals surface area contributed by atoms with Crippen molar-refractivity contribution in [1.82, 2.24) is 14.5 Å². The first-order chi connectivity index (χ1) is 12.3. The number of carbonyl (C=O) groups excluding carboxylic acids is 2. The molecule has 0 radical (unpaired) electrons. The van der Waals surface area contributed by atoms with Crippen molar-refractivity contribution in [3.63, 3.8) is 0 Å². The third-order valence-corrected chi connectivity index (χ3v) is 5.77. The van der Waals surface area contributed by atoms with Crippen molar-refractivity contribution in [3.8, 4) is 0 Å². The molecule has 1 heterocycles. The topological polar surface area (TPSA) is 156 Å². The molecule has 1 aliphatic rings. The van der Waals surface area contributed by atoms with Crippen molar-refractivity contribution in [2.45, 2.75) is 4.90 Å². The van der Waals surface area contributed by atoms with E-state index in [2.05, 4.69) is 5.32 Å². The number of nitrogens with two attached hydrogens (primary N) is 1. The van der Waals surface area contributed by atoms with E-state index in [9.17, 15) is 28.1 Å². The molecule has 0 aliphatic carbocycles. The largest absolute Gasteiger partial charge is 0.346 e. The second kappa shape index (κ2) is 8.21. The zero-order valence-electron chi connectivity index (χ0n) is 13.8. The minimum Gasteiger partial charge on any atom is -0.346 e. The predicted octanol–water partition coefficient (Wildman–Crippen LogP) is -1.50. The van der Waals surface area contributed by atoms with Crippen LogP contribution < -0.4 is 11.1 Å². The number of rotatable bonds is 6. The van der Waals surface area contributed by atoms with E-state index in [4.69, 9.17) is 5.73 Å². The summed E-state index contributed by atoms with van der Waals surface area (Å²) in [6.45, 7) is 0.0103. The predicted molar refractivity (Wildman–Crippen MR) is 90.5 cm³/mol. The van der Waals surface area contributed by atoms with Crippen LogP contribution in [0, 0.1) is 10.1 Å².